The van der Waals surface area contributed by atoms with Crippen LogP contribution in [0.1, 0.15) is 41.0 Å². The van der Waals surface area contributed by atoms with Crippen molar-refractivity contribution >= 4 is 28.3 Å². The fourth-order valence-electron chi connectivity index (χ4n) is 2.29. The lowest BCUT2D eigenvalue weighted by molar-refractivity contribution is 0.00578. The molecule has 0 unspecified atom stereocenters. The molecule has 0 spiro atoms. The van der Waals surface area contributed by atoms with Gasteiger partial charge in [0.15, 0.2) is 0 Å². The van der Waals surface area contributed by atoms with Crippen LogP contribution in [0, 0.1) is 11.6 Å². The highest BCUT2D eigenvalue weighted by Gasteiger charge is 2.52. The second-order valence-electron chi connectivity index (χ2n) is 6.83. The van der Waals surface area contributed by atoms with E-state index in [9.17, 15) is 17.2 Å². The third-order valence-corrected chi connectivity index (χ3v) is 5.82. The summed E-state index contributed by atoms with van der Waals surface area (Å²) in [7, 11) is -4.88. The van der Waals surface area contributed by atoms with Gasteiger partial charge in [-0.25, -0.2) is 17.2 Å². The summed E-state index contributed by atoms with van der Waals surface area (Å²) in [6, 6.07) is 2.19. The molecule has 0 atom stereocenters. The maximum absolute atomic E-state index is 14.7. The number of halogens is 2. The van der Waals surface area contributed by atoms with Gasteiger partial charge in [0, 0.05) is 5.46 Å². The van der Waals surface area contributed by atoms with Crippen LogP contribution in [0.4, 0.5) is 14.5 Å². The van der Waals surface area contributed by atoms with E-state index in [0.29, 0.717) is 6.42 Å². The molecule has 9 heteroatoms. The summed E-state index contributed by atoms with van der Waals surface area (Å²) in [5.41, 5.74) is -2.15. The molecule has 0 bridgehead atoms. The van der Waals surface area contributed by atoms with Crippen molar-refractivity contribution in [2.45, 2.75) is 52.2 Å². The van der Waals surface area contributed by atoms with Crippen molar-refractivity contribution in [3.05, 3.63) is 23.8 Å². The highest BCUT2D eigenvalue weighted by Crippen LogP contribution is 2.37. The molecular formula is C15H22BF2NO4S. The molecular weight excluding hydrogens is 339 g/mol. The van der Waals surface area contributed by atoms with Gasteiger partial charge in [0.2, 0.25) is 10.0 Å². The van der Waals surface area contributed by atoms with Gasteiger partial charge in [-0.05, 0) is 40.2 Å². The fourth-order valence-corrected chi connectivity index (χ4v) is 3.43. The molecule has 1 aromatic rings. The average Bonchev–Trinajstić information content (AvgIpc) is 2.63. The van der Waals surface area contributed by atoms with E-state index in [2.05, 4.69) is 0 Å². The lowest BCUT2D eigenvalue weighted by Crippen LogP contribution is -2.41. The van der Waals surface area contributed by atoms with Crippen LogP contribution < -0.4 is 10.2 Å². The molecule has 0 aromatic heterocycles. The van der Waals surface area contributed by atoms with Crippen molar-refractivity contribution in [3.63, 3.8) is 0 Å². The molecule has 1 N–H and O–H groups in total. The normalized spacial score (nSPS) is 19.5. The van der Waals surface area contributed by atoms with E-state index in [0.717, 1.165) is 6.07 Å². The summed E-state index contributed by atoms with van der Waals surface area (Å²) in [6.45, 7) is 8.88. The number of sulfonamides is 1. The van der Waals surface area contributed by atoms with Gasteiger partial charge in [0.05, 0.1) is 17.0 Å². The summed E-state index contributed by atoms with van der Waals surface area (Å²) >= 11 is 0. The van der Waals surface area contributed by atoms with Gasteiger partial charge in [0.1, 0.15) is 17.3 Å². The molecule has 0 amide bonds. The van der Waals surface area contributed by atoms with E-state index in [1.54, 1.807) is 34.6 Å². The molecule has 1 aliphatic rings. The van der Waals surface area contributed by atoms with Crippen LogP contribution in [0.3, 0.4) is 0 Å². The van der Waals surface area contributed by atoms with E-state index in [1.807, 2.05) is 4.72 Å². The van der Waals surface area contributed by atoms with Crippen molar-refractivity contribution in [1.82, 2.24) is 0 Å². The molecule has 1 saturated heterocycles. The molecule has 0 aliphatic carbocycles. The van der Waals surface area contributed by atoms with Crippen molar-refractivity contribution < 1.29 is 26.5 Å². The van der Waals surface area contributed by atoms with Crippen LogP contribution in [-0.4, -0.2) is 32.5 Å². The van der Waals surface area contributed by atoms with Gasteiger partial charge >= 0.3 is 7.12 Å². The Balaban J connectivity index is 2.40. The van der Waals surface area contributed by atoms with Crippen molar-refractivity contribution in [1.29, 1.82) is 0 Å². The van der Waals surface area contributed by atoms with Crippen LogP contribution in [-0.2, 0) is 19.3 Å². The monoisotopic (exact) mass is 361 g/mol. The van der Waals surface area contributed by atoms with Crippen LogP contribution in [0.2, 0.25) is 0 Å². The lowest BCUT2D eigenvalue weighted by Gasteiger charge is -2.32. The molecule has 0 radical (unpaired) electrons. The summed E-state index contributed by atoms with van der Waals surface area (Å²) in [4.78, 5) is 0. The standard InChI is InChI=1S/C15H22BF2NO4S/c1-6-9-24(20,21)19-13-11(17)8-7-10(12(13)18)16-22-14(2,3)15(4,5)23-16/h7-8,19H,6,9H2,1-5H3. The Morgan fingerprint density at radius 1 is 1.12 bits per heavy atom. The largest absolute Gasteiger partial charge is 0.497 e. The topological polar surface area (TPSA) is 64.6 Å². The van der Waals surface area contributed by atoms with Crippen LogP contribution in [0.15, 0.2) is 12.1 Å². The van der Waals surface area contributed by atoms with Gasteiger partial charge < -0.3 is 9.31 Å². The molecule has 24 heavy (non-hydrogen) atoms. The number of benzene rings is 1. The molecule has 134 valence electrons. The fraction of sp³-hybridized carbons (Fsp3) is 0.600. The summed E-state index contributed by atoms with van der Waals surface area (Å²) < 4.78 is 65.8. The van der Waals surface area contributed by atoms with E-state index >= 15 is 0 Å². The molecule has 1 aromatic carbocycles. The third-order valence-electron chi connectivity index (χ3n) is 4.36. The number of nitrogens with one attached hydrogen (secondary N) is 1. The first kappa shape index (κ1) is 19.1. The number of hydrogen-bond donors (Lipinski definition) is 1. The van der Waals surface area contributed by atoms with Gasteiger partial charge in [-0.2, -0.15) is 0 Å². The Labute approximate surface area is 141 Å². The van der Waals surface area contributed by atoms with E-state index in [1.165, 1.54) is 6.07 Å². The predicted octanol–water partition coefficient (Wildman–Crippen LogP) is 2.42. The van der Waals surface area contributed by atoms with Crippen molar-refractivity contribution in [2.24, 2.45) is 0 Å². The maximum Gasteiger partial charge on any atom is 0.497 e. The first-order valence-corrected chi connectivity index (χ1v) is 9.39. The zero-order valence-corrected chi connectivity index (χ0v) is 15.3. The lowest BCUT2D eigenvalue weighted by atomic mass is 9.78. The van der Waals surface area contributed by atoms with Crippen LogP contribution in [0.5, 0.6) is 0 Å². The first-order chi connectivity index (χ1) is 10.9. The maximum atomic E-state index is 14.7. The first-order valence-electron chi connectivity index (χ1n) is 7.74. The van der Waals surface area contributed by atoms with Gasteiger partial charge in [-0.15, -0.1) is 0 Å². The SMILES string of the molecule is CCCS(=O)(=O)Nc1c(F)ccc(B2OC(C)(C)C(C)(C)O2)c1F. The summed E-state index contributed by atoms with van der Waals surface area (Å²) in [5, 5.41) is 0. The second-order valence-corrected chi connectivity index (χ2v) is 8.68. The predicted molar refractivity (Wildman–Crippen MR) is 89.8 cm³/mol. The summed E-state index contributed by atoms with van der Waals surface area (Å²) in [5.74, 6) is -2.26. The Kier molecular flexibility index (Phi) is 5.00. The van der Waals surface area contributed by atoms with E-state index in [4.69, 9.17) is 9.31 Å². The Bertz CT molecular complexity index is 721. The molecule has 0 saturated carbocycles. The molecule has 1 aliphatic heterocycles. The van der Waals surface area contributed by atoms with Crippen molar-refractivity contribution in [2.75, 3.05) is 10.5 Å². The second kappa shape index (κ2) is 6.27. The molecule has 2 rings (SSSR count). The van der Waals surface area contributed by atoms with Crippen LogP contribution in [0.25, 0.3) is 0 Å². The highest BCUT2D eigenvalue weighted by molar-refractivity contribution is 7.92. The highest BCUT2D eigenvalue weighted by atomic mass is 32.2. The average molecular weight is 361 g/mol. The Morgan fingerprint density at radius 3 is 2.17 bits per heavy atom. The van der Waals surface area contributed by atoms with Gasteiger partial charge in [0.25, 0.3) is 0 Å². The minimum Gasteiger partial charge on any atom is -0.399 e. The van der Waals surface area contributed by atoms with Gasteiger partial charge in [-0.1, -0.05) is 13.0 Å². The molecule has 5 nitrogen and oxygen atoms in total. The quantitative estimate of drug-likeness (QED) is 0.819. The summed E-state index contributed by atoms with van der Waals surface area (Å²) in [6.07, 6.45) is 0.329. The minimum absolute atomic E-state index is 0.0516. The smallest absolute Gasteiger partial charge is 0.399 e. The molecule has 1 heterocycles. The number of hydrogen-bond acceptors (Lipinski definition) is 4. The van der Waals surface area contributed by atoms with E-state index < -0.39 is 45.7 Å². The zero-order valence-electron chi connectivity index (χ0n) is 14.4. The minimum atomic E-state index is -3.83. The number of rotatable bonds is 5. The Morgan fingerprint density at radius 2 is 1.67 bits per heavy atom. The van der Waals surface area contributed by atoms with Gasteiger partial charge in [-0.3, -0.25) is 4.72 Å². The number of anilines is 1. The zero-order chi connectivity index (χ0) is 18.3. The van der Waals surface area contributed by atoms with Crippen molar-refractivity contribution in [3.8, 4) is 0 Å². The Hall–Kier alpha value is -1.19. The molecule has 1 fully saturated rings. The van der Waals surface area contributed by atoms with E-state index in [-0.39, 0.29) is 11.2 Å². The third kappa shape index (κ3) is 3.57. The van der Waals surface area contributed by atoms with Crippen LogP contribution >= 0.6 is 0 Å².